The van der Waals surface area contributed by atoms with Gasteiger partial charge < -0.3 is 10.1 Å². The normalized spacial score (nSPS) is 10.8. The zero-order chi connectivity index (χ0) is 21.8. The highest BCUT2D eigenvalue weighted by Crippen LogP contribution is 2.21. The van der Waals surface area contributed by atoms with Gasteiger partial charge in [0, 0.05) is 22.8 Å². The number of nitrogens with zero attached hydrogens (tertiary/aromatic N) is 2. The number of carbonyl (C=O) groups excluding carboxylic acids is 1. The molecule has 2 aromatic carbocycles. The number of hydrogen-bond donors (Lipinski definition) is 1. The predicted octanol–water partition coefficient (Wildman–Crippen LogP) is 5.76. The standard InChI is InChI=1S/C22H16ClF2N3O2S/c23-20-8-17(25)5-4-15(20)10-28-11-18(9-26-28)27-22(29)21-6-14(13-31-21)12-30-19-3-1-2-16(24)7-19/h1-9,11,13H,10,12H2,(H,27,29). The Morgan fingerprint density at radius 1 is 1.16 bits per heavy atom. The fourth-order valence-corrected chi connectivity index (χ4v) is 3.84. The molecule has 5 nitrogen and oxygen atoms in total. The smallest absolute Gasteiger partial charge is 0.265 e. The van der Waals surface area contributed by atoms with Gasteiger partial charge in [0.15, 0.2) is 0 Å². The molecule has 1 N–H and O–H groups in total. The van der Waals surface area contributed by atoms with E-state index in [0.717, 1.165) is 5.56 Å². The van der Waals surface area contributed by atoms with Crippen LogP contribution in [0.4, 0.5) is 14.5 Å². The van der Waals surface area contributed by atoms with Crippen LogP contribution in [0.1, 0.15) is 20.8 Å². The van der Waals surface area contributed by atoms with Gasteiger partial charge in [-0.05, 0) is 41.3 Å². The molecule has 4 aromatic rings. The van der Waals surface area contributed by atoms with E-state index >= 15 is 0 Å². The first-order valence-corrected chi connectivity index (χ1v) is 10.5. The zero-order valence-corrected chi connectivity index (χ0v) is 17.6. The number of amides is 1. The number of ether oxygens (including phenoxy) is 1. The topological polar surface area (TPSA) is 56.2 Å². The van der Waals surface area contributed by atoms with Crippen molar-refractivity contribution in [3.8, 4) is 5.75 Å². The van der Waals surface area contributed by atoms with Crippen LogP contribution in [0, 0.1) is 11.6 Å². The van der Waals surface area contributed by atoms with Crippen LogP contribution < -0.4 is 10.1 Å². The molecule has 158 valence electrons. The minimum absolute atomic E-state index is 0.226. The van der Waals surface area contributed by atoms with Crippen molar-refractivity contribution in [2.24, 2.45) is 0 Å². The number of thiophene rings is 1. The Labute approximate surface area is 185 Å². The highest BCUT2D eigenvalue weighted by atomic mass is 35.5. The molecule has 0 bridgehead atoms. The van der Waals surface area contributed by atoms with Crippen molar-refractivity contribution in [3.63, 3.8) is 0 Å². The van der Waals surface area contributed by atoms with E-state index in [-0.39, 0.29) is 18.3 Å². The summed E-state index contributed by atoms with van der Waals surface area (Å²) in [5.41, 5.74) is 2.04. The van der Waals surface area contributed by atoms with E-state index in [1.54, 1.807) is 35.1 Å². The number of halogens is 3. The lowest BCUT2D eigenvalue weighted by molar-refractivity contribution is 0.103. The van der Waals surface area contributed by atoms with Crippen LogP contribution in [0.15, 0.2) is 66.3 Å². The lowest BCUT2D eigenvalue weighted by Gasteiger charge is -2.05. The number of rotatable bonds is 7. The summed E-state index contributed by atoms with van der Waals surface area (Å²) in [4.78, 5) is 13.0. The number of aromatic nitrogens is 2. The summed E-state index contributed by atoms with van der Waals surface area (Å²) >= 11 is 7.33. The summed E-state index contributed by atoms with van der Waals surface area (Å²) in [5.74, 6) is -0.629. The fourth-order valence-electron chi connectivity index (χ4n) is 2.83. The average molecular weight is 460 g/mol. The predicted molar refractivity (Wildman–Crippen MR) is 116 cm³/mol. The molecule has 0 unspecified atom stereocenters. The third-order valence-electron chi connectivity index (χ3n) is 4.32. The average Bonchev–Trinajstić information content (AvgIpc) is 3.38. The Morgan fingerprint density at radius 3 is 2.81 bits per heavy atom. The second kappa shape index (κ2) is 9.28. The third kappa shape index (κ3) is 5.48. The molecule has 31 heavy (non-hydrogen) atoms. The third-order valence-corrected chi connectivity index (χ3v) is 5.65. The summed E-state index contributed by atoms with van der Waals surface area (Å²) in [6.07, 6.45) is 3.19. The molecule has 1 amide bonds. The molecule has 4 rings (SSSR count). The van der Waals surface area contributed by atoms with Crippen LogP contribution in [-0.2, 0) is 13.2 Å². The summed E-state index contributed by atoms with van der Waals surface area (Å²) in [6.45, 7) is 0.569. The molecule has 0 spiro atoms. The number of carbonyl (C=O) groups is 1. The van der Waals surface area contributed by atoms with E-state index < -0.39 is 5.82 Å². The van der Waals surface area contributed by atoms with Crippen molar-refractivity contribution in [1.82, 2.24) is 9.78 Å². The van der Waals surface area contributed by atoms with Crippen LogP contribution >= 0.6 is 22.9 Å². The maximum atomic E-state index is 13.2. The molecule has 0 radical (unpaired) electrons. The maximum Gasteiger partial charge on any atom is 0.265 e. The molecular formula is C22H16ClF2N3O2S. The summed E-state index contributed by atoms with van der Waals surface area (Å²) in [6, 6.07) is 11.8. The fraction of sp³-hybridized carbons (Fsp3) is 0.0909. The van der Waals surface area contributed by atoms with Crippen molar-refractivity contribution >= 4 is 34.5 Å². The number of nitrogens with one attached hydrogen (secondary N) is 1. The molecule has 0 atom stereocenters. The van der Waals surface area contributed by atoms with Gasteiger partial charge >= 0.3 is 0 Å². The van der Waals surface area contributed by atoms with Gasteiger partial charge in [-0.2, -0.15) is 5.10 Å². The Kier molecular flexibility index (Phi) is 6.29. The Bertz CT molecular complexity index is 1220. The van der Waals surface area contributed by atoms with Crippen LogP contribution in [-0.4, -0.2) is 15.7 Å². The van der Waals surface area contributed by atoms with E-state index in [2.05, 4.69) is 10.4 Å². The Hall–Kier alpha value is -3.23. The molecule has 0 aliphatic rings. The van der Waals surface area contributed by atoms with Crippen molar-refractivity contribution in [1.29, 1.82) is 0 Å². The first kappa shape index (κ1) is 21.0. The molecule has 2 aromatic heterocycles. The number of benzene rings is 2. The van der Waals surface area contributed by atoms with E-state index in [0.29, 0.717) is 33.4 Å². The van der Waals surface area contributed by atoms with Gasteiger partial charge in [0.05, 0.1) is 23.3 Å². The highest BCUT2D eigenvalue weighted by molar-refractivity contribution is 7.12. The molecule has 0 fully saturated rings. The van der Waals surface area contributed by atoms with Crippen molar-refractivity contribution in [2.75, 3.05) is 5.32 Å². The SMILES string of the molecule is O=C(Nc1cnn(Cc2ccc(F)cc2Cl)c1)c1cc(COc2cccc(F)c2)cs1. The van der Waals surface area contributed by atoms with Gasteiger partial charge in [-0.15, -0.1) is 11.3 Å². The van der Waals surface area contributed by atoms with E-state index in [1.807, 2.05) is 5.38 Å². The quantitative estimate of drug-likeness (QED) is 0.382. The Morgan fingerprint density at radius 2 is 2.00 bits per heavy atom. The monoisotopic (exact) mass is 459 g/mol. The maximum absolute atomic E-state index is 13.2. The van der Waals surface area contributed by atoms with Crippen LogP contribution in [0.5, 0.6) is 5.75 Å². The minimum atomic E-state index is -0.404. The largest absolute Gasteiger partial charge is 0.489 e. The van der Waals surface area contributed by atoms with Crippen LogP contribution in [0.25, 0.3) is 0 Å². The Balaban J connectivity index is 1.34. The van der Waals surface area contributed by atoms with E-state index in [4.69, 9.17) is 16.3 Å². The first-order chi connectivity index (χ1) is 15.0. The summed E-state index contributed by atoms with van der Waals surface area (Å²) < 4.78 is 33.5. The summed E-state index contributed by atoms with van der Waals surface area (Å²) in [5, 5.41) is 9.11. The van der Waals surface area contributed by atoms with Gasteiger partial charge in [-0.25, -0.2) is 8.78 Å². The van der Waals surface area contributed by atoms with Gasteiger partial charge in [0.1, 0.15) is 24.0 Å². The lowest BCUT2D eigenvalue weighted by Crippen LogP contribution is -2.09. The molecule has 9 heteroatoms. The highest BCUT2D eigenvalue weighted by Gasteiger charge is 2.12. The van der Waals surface area contributed by atoms with Crippen molar-refractivity contribution in [3.05, 3.63) is 99.0 Å². The van der Waals surface area contributed by atoms with Crippen molar-refractivity contribution in [2.45, 2.75) is 13.2 Å². The molecule has 2 heterocycles. The lowest BCUT2D eigenvalue weighted by atomic mass is 10.2. The van der Waals surface area contributed by atoms with E-state index in [1.165, 1.54) is 41.8 Å². The van der Waals surface area contributed by atoms with Crippen LogP contribution in [0.3, 0.4) is 0 Å². The molecule has 0 saturated carbocycles. The van der Waals surface area contributed by atoms with Gasteiger partial charge in [0.25, 0.3) is 5.91 Å². The van der Waals surface area contributed by atoms with Gasteiger partial charge in [-0.1, -0.05) is 23.7 Å². The van der Waals surface area contributed by atoms with Crippen LogP contribution in [0.2, 0.25) is 5.02 Å². The number of hydrogen-bond acceptors (Lipinski definition) is 4. The molecule has 0 aliphatic carbocycles. The van der Waals surface area contributed by atoms with Gasteiger partial charge in [-0.3, -0.25) is 9.48 Å². The molecular weight excluding hydrogens is 444 g/mol. The first-order valence-electron chi connectivity index (χ1n) is 9.20. The zero-order valence-electron chi connectivity index (χ0n) is 16.0. The number of anilines is 1. The van der Waals surface area contributed by atoms with Gasteiger partial charge in [0.2, 0.25) is 0 Å². The molecule has 0 aliphatic heterocycles. The molecule has 0 saturated heterocycles. The second-order valence-electron chi connectivity index (χ2n) is 6.68. The van der Waals surface area contributed by atoms with Crippen molar-refractivity contribution < 1.29 is 18.3 Å². The summed E-state index contributed by atoms with van der Waals surface area (Å²) in [7, 11) is 0. The minimum Gasteiger partial charge on any atom is -0.489 e. The second-order valence-corrected chi connectivity index (χ2v) is 8.00. The van der Waals surface area contributed by atoms with E-state index in [9.17, 15) is 13.6 Å².